The molecule has 0 aliphatic carbocycles. The van der Waals surface area contributed by atoms with E-state index < -0.39 is 39.7 Å². The fourth-order valence-corrected chi connectivity index (χ4v) is 8.72. The maximum Gasteiger partial charge on any atom is 0.305 e. The van der Waals surface area contributed by atoms with E-state index in [-0.39, 0.29) is 22.9 Å². The van der Waals surface area contributed by atoms with Gasteiger partial charge in [0.1, 0.15) is 11.0 Å². The highest BCUT2D eigenvalue weighted by atomic mass is 79.9. The number of hydrogen-bond acceptors (Lipinski definition) is 9. The van der Waals surface area contributed by atoms with E-state index in [9.17, 15) is 29.3 Å². The highest BCUT2D eigenvalue weighted by Crippen LogP contribution is 2.54. The maximum atomic E-state index is 14.1. The number of carbonyl (C=O) groups is 3. The number of carbonyl (C=O) groups excluding carboxylic acids is 3. The first-order chi connectivity index (χ1) is 22.2. The molecule has 230 valence electrons. The molecule has 0 saturated carbocycles. The minimum atomic E-state index is -0.922. The van der Waals surface area contributed by atoms with Crippen molar-refractivity contribution in [1.82, 2.24) is 4.98 Å². The SMILES string of the molecule is O=C(COc1ccc(Br)cc1[C@@H]1c2sc(=O)[nH]c2S[C@H]2C(=O)N(c3ccc([N+](=O)[O-])cc3)C(=O)[C@@H]12)Nc1ccc2ccccc2c1. The number of hydrogen-bond donors (Lipinski definition) is 2. The number of fused-ring (bicyclic) bond motifs is 3. The molecule has 1 fully saturated rings. The van der Waals surface area contributed by atoms with Crippen molar-refractivity contribution in [3.63, 3.8) is 0 Å². The van der Waals surface area contributed by atoms with Crippen molar-refractivity contribution in [2.75, 3.05) is 16.8 Å². The Morgan fingerprint density at radius 1 is 0.978 bits per heavy atom. The van der Waals surface area contributed by atoms with Gasteiger partial charge < -0.3 is 15.0 Å². The molecule has 3 atom stereocenters. The molecule has 11 nitrogen and oxygen atoms in total. The molecule has 7 rings (SSSR count). The molecule has 0 unspecified atom stereocenters. The molecule has 5 aromatic rings. The van der Waals surface area contributed by atoms with E-state index in [0.29, 0.717) is 31.4 Å². The number of thiazole rings is 1. The molecule has 0 radical (unpaired) electrons. The number of halogens is 1. The fraction of sp³-hybridized carbons (Fsp3) is 0.125. The molecule has 3 heterocycles. The number of rotatable bonds is 7. The molecule has 14 heteroatoms. The van der Waals surface area contributed by atoms with Crippen LogP contribution >= 0.6 is 39.0 Å². The quantitative estimate of drug-likeness (QED) is 0.117. The lowest BCUT2D eigenvalue weighted by Crippen LogP contribution is -2.32. The number of imide groups is 1. The van der Waals surface area contributed by atoms with Gasteiger partial charge >= 0.3 is 4.87 Å². The predicted octanol–water partition coefficient (Wildman–Crippen LogP) is 6.07. The third-order valence-corrected chi connectivity index (χ3v) is 10.7. The van der Waals surface area contributed by atoms with E-state index in [1.54, 1.807) is 24.3 Å². The molecule has 2 aliphatic rings. The molecule has 2 aliphatic heterocycles. The molecule has 1 saturated heterocycles. The molecule has 1 aromatic heterocycles. The van der Waals surface area contributed by atoms with Crippen molar-refractivity contribution >= 4 is 84.6 Å². The lowest BCUT2D eigenvalue weighted by atomic mass is 9.82. The van der Waals surface area contributed by atoms with Gasteiger partial charge in [0.2, 0.25) is 11.8 Å². The summed E-state index contributed by atoms with van der Waals surface area (Å²) in [6.07, 6.45) is 0. The van der Waals surface area contributed by atoms with E-state index in [1.165, 1.54) is 24.3 Å². The summed E-state index contributed by atoms with van der Waals surface area (Å²) in [5.74, 6) is -2.77. The maximum absolute atomic E-state index is 14.1. The van der Waals surface area contributed by atoms with Crippen molar-refractivity contribution in [1.29, 1.82) is 0 Å². The Hall–Kier alpha value is -4.79. The molecule has 46 heavy (non-hydrogen) atoms. The third kappa shape index (κ3) is 5.37. The van der Waals surface area contributed by atoms with Crippen molar-refractivity contribution in [3.05, 3.63) is 120 Å². The van der Waals surface area contributed by atoms with E-state index >= 15 is 0 Å². The second kappa shape index (κ2) is 11.9. The lowest BCUT2D eigenvalue weighted by Gasteiger charge is -2.31. The number of ether oxygens (including phenoxy) is 1. The lowest BCUT2D eigenvalue weighted by molar-refractivity contribution is -0.384. The molecule has 2 N–H and O–H groups in total. The highest BCUT2D eigenvalue weighted by molar-refractivity contribution is 9.10. The number of nitro groups is 1. The van der Waals surface area contributed by atoms with Gasteiger partial charge in [0, 0.05) is 38.7 Å². The fourth-order valence-electron chi connectivity index (χ4n) is 5.83. The van der Waals surface area contributed by atoms with Crippen LogP contribution in [0.5, 0.6) is 5.75 Å². The monoisotopic (exact) mass is 716 g/mol. The number of aromatic nitrogens is 1. The molecule has 3 amide bonds. The Morgan fingerprint density at radius 3 is 2.50 bits per heavy atom. The summed E-state index contributed by atoms with van der Waals surface area (Å²) >= 11 is 5.56. The first-order valence-electron chi connectivity index (χ1n) is 13.9. The van der Waals surface area contributed by atoms with Crippen molar-refractivity contribution in [2.45, 2.75) is 16.2 Å². The van der Waals surface area contributed by atoms with Crippen molar-refractivity contribution < 1.29 is 24.0 Å². The zero-order chi connectivity index (χ0) is 32.1. The van der Waals surface area contributed by atoms with Crippen LogP contribution in [0.1, 0.15) is 16.4 Å². The largest absolute Gasteiger partial charge is 0.483 e. The van der Waals surface area contributed by atoms with Gasteiger partial charge in [-0.05, 0) is 53.2 Å². The molecular formula is C32H21BrN4O7S2. The van der Waals surface area contributed by atoms with Crippen LogP contribution in [0.15, 0.2) is 99.2 Å². The van der Waals surface area contributed by atoms with Crippen LogP contribution in [0, 0.1) is 16.0 Å². The van der Waals surface area contributed by atoms with Crippen LogP contribution in [0.3, 0.4) is 0 Å². The number of nitro benzene ring substituents is 1. The zero-order valence-electron chi connectivity index (χ0n) is 23.5. The van der Waals surface area contributed by atoms with Gasteiger partial charge in [-0.3, -0.25) is 29.3 Å². The van der Waals surface area contributed by atoms with Crippen LogP contribution in [0.25, 0.3) is 10.8 Å². The topological polar surface area (TPSA) is 152 Å². The summed E-state index contributed by atoms with van der Waals surface area (Å²) in [6.45, 7) is -0.338. The predicted molar refractivity (Wildman–Crippen MR) is 178 cm³/mol. The first-order valence-corrected chi connectivity index (χ1v) is 16.4. The molecule has 0 bridgehead atoms. The summed E-state index contributed by atoms with van der Waals surface area (Å²) in [5.41, 5.74) is 1.17. The Kier molecular flexibility index (Phi) is 7.71. The number of non-ortho nitro benzene ring substituents is 1. The van der Waals surface area contributed by atoms with Gasteiger partial charge in [-0.1, -0.05) is 69.4 Å². The third-order valence-electron chi connectivity index (χ3n) is 7.84. The van der Waals surface area contributed by atoms with Gasteiger partial charge in [-0.15, -0.1) is 0 Å². The average Bonchev–Trinajstić information content (AvgIpc) is 3.54. The standard InChI is InChI=1S/C32H21BrN4O7S2/c33-18-6-12-23(44-15-24(38)34-19-7-5-16-3-1-2-4-17(16)13-19)22(14-18)25-26-28(45-29-27(25)46-32(41)35-29)31(40)36(30(26)39)20-8-10-21(11-9-20)37(42)43/h1-14,25-26,28H,15H2,(H,34,38)(H,35,41)/t25-,26-,28+/m0/s1. The van der Waals surface area contributed by atoms with Crippen LogP contribution in [0.2, 0.25) is 0 Å². The summed E-state index contributed by atoms with van der Waals surface area (Å²) in [5, 5.41) is 15.6. The summed E-state index contributed by atoms with van der Waals surface area (Å²) in [4.78, 5) is 68.0. The molecule has 4 aromatic carbocycles. The number of thioether (sulfide) groups is 1. The van der Waals surface area contributed by atoms with Gasteiger partial charge in [0.05, 0.1) is 21.6 Å². The number of nitrogens with one attached hydrogen (secondary N) is 2. The zero-order valence-corrected chi connectivity index (χ0v) is 26.7. The number of anilines is 2. The normalized spacial score (nSPS) is 18.7. The summed E-state index contributed by atoms with van der Waals surface area (Å²) < 4.78 is 6.71. The average molecular weight is 718 g/mol. The van der Waals surface area contributed by atoms with Gasteiger partial charge in [-0.25, -0.2) is 4.90 Å². The number of nitrogens with zero attached hydrogens (tertiary/aromatic N) is 2. The van der Waals surface area contributed by atoms with Crippen molar-refractivity contribution in [2.24, 2.45) is 5.92 Å². The number of amides is 3. The second-order valence-electron chi connectivity index (χ2n) is 10.6. The molecular weight excluding hydrogens is 696 g/mol. The van der Waals surface area contributed by atoms with Gasteiger partial charge in [0.15, 0.2) is 6.61 Å². The van der Waals surface area contributed by atoms with E-state index in [1.807, 2.05) is 36.4 Å². The summed E-state index contributed by atoms with van der Waals surface area (Å²) in [7, 11) is 0. The summed E-state index contributed by atoms with van der Waals surface area (Å²) in [6, 6.07) is 23.7. The Balaban J connectivity index is 1.21. The smallest absolute Gasteiger partial charge is 0.305 e. The van der Waals surface area contributed by atoms with Crippen LogP contribution < -0.4 is 19.8 Å². The minimum Gasteiger partial charge on any atom is -0.483 e. The van der Waals surface area contributed by atoms with Crippen molar-refractivity contribution in [3.8, 4) is 5.75 Å². The highest BCUT2D eigenvalue weighted by Gasteiger charge is 2.57. The number of aromatic amines is 1. The van der Waals surface area contributed by atoms with E-state index in [2.05, 4.69) is 26.2 Å². The number of H-pyrrole nitrogens is 1. The Morgan fingerprint density at radius 2 is 1.74 bits per heavy atom. The van der Waals surface area contributed by atoms with Crippen LogP contribution in [-0.2, 0) is 14.4 Å². The Labute approximate surface area is 276 Å². The molecule has 0 spiro atoms. The second-order valence-corrected chi connectivity index (χ2v) is 13.7. The van der Waals surface area contributed by atoms with Gasteiger partial charge in [-0.2, -0.15) is 0 Å². The Bertz CT molecular complexity index is 2130. The van der Waals surface area contributed by atoms with Crippen LogP contribution in [-0.4, -0.2) is 39.5 Å². The number of benzene rings is 4. The van der Waals surface area contributed by atoms with E-state index in [4.69, 9.17) is 4.74 Å². The van der Waals surface area contributed by atoms with Gasteiger partial charge in [0.25, 0.3) is 11.6 Å². The minimum absolute atomic E-state index is 0.173. The first kappa shape index (κ1) is 29.9. The van der Waals surface area contributed by atoms with Crippen LogP contribution in [0.4, 0.5) is 17.1 Å². The van der Waals surface area contributed by atoms with E-state index in [0.717, 1.165) is 38.8 Å².